The first-order valence-electron chi connectivity index (χ1n) is 10.8. The molecule has 0 saturated heterocycles. The summed E-state index contributed by atoms with van der Waals surface area (Å²) < 4.78 is 38.7. The number of ether oxygens (including phenoxy) is 2. The van der Waals surface area contributed by atoms with Crippen molar-refractivity contribution in [2.24, 2.45) is 0 Å². The number of sulfonamides is 1. The van der Waals surface area contributed by atoms with E-state index in [1.54, 1.807) is 49.4 Å². The minimum Gasteiger partial charge on any atom is -0.494 e. The van der Waals surface area contributed by atoms with Gasteiger partial charge in [-0.3, -0.25) is 4.31 Å². The van der Waals surface area contributed by atoms with Crippen LogP contribution in [-0.2, 0) is 10.0 Å². The molecule has 0 aliphatic heterocycles. The summed E-state index contributed by atoms with van der Waals surface area (Å²) in [5.74, 6) is 0.433. The summed E-state index contributed by atoms with van der Waals surface area (Å²) in [6.45, 7) is 4.14. The van der Waals surface area contributed by atoms with Crippen LogP contribution >= 0.6 is 0 Å². The van der Waals surface area contributed by atoms with Gasteiger partial charge in [0.1, 0.15) is 11.5 Å². The lowest BCUT2D eigenvalue weighted by molar-refractivity contribution is 0.0734. The predicted octanol–water partition coefficient (Wildman–Crippen LogP) is 5.59. The van der Waals surface area contributed by atoms with Crippen molar-refractivity contribution in [2.45, 2.75) is 18.7 Å². The molecule has 0 N–H and O–H groups in total. The first-order valence-corrected chi connectivity index (χ1v) is 12.3. The molecule has 0 aliphatic carbocycles. The van der Waals surface area contributed by atoms with Crippen LogP contribution in [0.15, 0.2) is 89.8 Å². The van der Waals surface area contributed by atoms with Crippen molar-refractivity contribution in [3.63, 3.8) is 0 Å². The molecule has 4 rings (SSSR count). The minimum atomic E-state index is -3.91. The lowest BCUT2D eigenvalue weighted by Crippen LogP contribution is -2.27. The maximum atomic E-state index is 13.3. The molecule has 0 saturated carbocycles. The fourth-order valence-electron chi connectivity index (χ4n) is 3.59. The molecule has 174 valence electrons. The summed E-state index contributed by atoms with van der Waals surface area (Å²) >= 11 is 0. The van der Waals surface area contributed by atoms with E-state index in [1.807, 2.05) is 37.3 Å². The van der Waals surface area contributed by atoms with Crippen LogP contribution < -0.4 is 13.8 Å². The monoisotopic (exact) mass is 475 g/mol. The number of carbonyl (C=O) groups excluding carboxylic acids is 1. The van der Waals surface area contributed by atoms with Gasteiger partial charge in [-0.05, 0) is 78.7 Å². The van der Waals surface area contributed by atoms with E-state index in [1.165, 1.54) is 23.5 Å². The average Bonchev–Trinajstić information content (AvgIpc) is 2.84. The molecule has 0 aliphatic rings. The molecule has 34 heavy (non-hydrogen) atoms. The third kappa shape index (κ3) is 4.75. The molecular weight excluding hydrogens is 450 g/mol. The molecule has 4 aromatic rings. The summed E-state index contributed by atoms with van der Waals surface area (Å²) in [5, 5.41) is 1.97. The molecule has 0 fully saturated rings. The SMILES string of the molecule is CCOc1ccc(N(C)S(=O)(=O)c2ccc(C)c(C(=O)Oc3ccc4ccccc4c3)c2)cc1. The van der Waals surface area contributed by atoms with Gasteiger partial charge in [0.25, 0.3) is 10.0 Å². The highest BCUT2D eigenvalue weighted by atomic mass is 32.2. The van der Waals surface area contributed by atoms with Gasteiger partial charge < -0.3 is 9.47 Å². The van der Waals surface area contributed by atoms with E-state index >= 15 is 0 Å². The summed E-state index contributed by atoms with van der Waals surface area (Å²) in [4.78, 5) is 12.9. The second kappa shape index (κ2) is 9.57. The maximum absolute atomic E-state index is 13.3. The highest BCUT2D eigenvalue weighted by Crippen LogP contribution is 2.27. The van der Waals surface area contributed by atoms with Gasteiger partial charge in [0.15, 0.2) is 0 Å². The molecule has 0 radical (unpaired) electrons. The van der Waals surface area contributed by atoms with Gasteiger partial charge in [0.2, 0.25) is 0 Å². The van der Waals surface area contributed by atoms with Crippen molar-refractivity contribution in [2.75, 3.05) is 18.0 Å². The van der Waals surface area contributed by atoms with Crippen molar-refractivity contribution in [3.8, 4) is 11.5 Å². The predicted molar refractivity (Wildman–Crippen MR) is 133 cm³/mol. The topological polar surface area (TPSA) is 72.9 Å². The fraction of sp³-hybridized carbons (Fsp3) is 0.148. The number of rotatable bonds is 7. The van der Waals surface area contributed by atoms with Gasteiger partial charge in [-0.15, -0.1) is 0 Å². The van der Waals surface area contributed by atoms with Crippen LogP contribution in [-0.4, -0.2) is 28.0 Å². The summed E-state index contributed by atoms with van der Waals surface area (Å²) in [7, 11) is -2.44. The molecular formula is C27H25NO5S. The van der Waals surface area contributed by atoms with Crippen LogP contribution in [0.3, 0.4) is 0 Å². The maximum Gasteiger partial charge on any atom is 0.343 e. The molecule has 0 unspecified atom stereocenters. The normalized spacial score (nSPS) is 11.3. The number of hydrogen-bond acceptors (Lipinski definition) is 5. The Balaban J connectivity index is 1.60. The number of nitrogens with zero attached hydrogens (tertiary/aromatic N) is 1. The van der Waals surface area contributed by atoms with E-state index in [9.17, 15) is 13.2 Å². The average molecular weight is 476 g/mol. The second-order valence-corrected chi connectivity index (χ2v) is 9.74. The molecule has 0 atom stereocenters. The van der Waals surface area contributed by atoms with Crippen molar-refractivity contribution in [3.05, 3.63) is 96.1 Å². The number of fused-ring (bicyclic) bond motifs is 1. The molecule has 7 heteroatoms. The molecule has 0 amide bonds. The van der Waals surface area contributed by atoms with Crippen LogP contribution in [0.5, 0.6) is 11.5 Å². The number of benzene rings is 4. The Bertz CT molecular complexity index is 1450. The van der Waals surface area contributed by atoms with E-state index < -0.39 is 16.0 Å². The van der Waals surface area contributed by atoms with Crippen LogP contribution in [0, 0.1) is 6.92 Å². The van der Waals surface area contributed by atoms with Crippen LogP contribution in [0.1, 0.15) is 22.8 Å². The second-order valence-electron chi connectivity index (χ2n) is 7.77. The summed E-state index contributed by atoms with van der Waals surface area (Å²) in [5.41, 5.74) is 1.28. The van der Waals surface area contributed by atoms with Crippen molar-refractivity contribution in [1.82, 2.24) is 0 Å². The van der Waals surface area contributed by atoms with E-state index in [-0.39, 0.29) is 10.5 Å². The minimum absolute atomic E-state index is 0.0000498. The summed E-state index contributed by atoms with van der Waals surface area (Å²) in [6.07, 6.45) is 0. The van der Waals surface area contributed by atoms with E-state index in [0.29, 0.717) is 29.4 Å². The van der Waals surface area contributed by atoms with Gasteiger partial charge in [-0.25, -0.2) is 13.2 Å². The van der Waals surface area contributed by atoms with Crippen LogP contribution in [0.25, 0.3) is 10.8 Å². The van der Waals surface area contributed by atoms with Crippen LogP contribution in [0.4, 0.5) is 5.69 Å². The third-order valence-electron chi connectivity index (χ3n) is 5.53. The van der Waals surface area contributed by atoms with Gasteiger partial charge in [-0.1, -0.05) is 36.4 Å². The highest BCUT2D eigenvalue weighted by molar-refractivity contribution is 7.92. The lowest BCUT2D eigenvalue weighted by atomic mass is 10.1. The Morgan fingerprint density at radius 2 is 1.53 bits per heavy atom. The summed E-state index contributed by atoms with van der Waals surface area (Å²) in [6, 6.07) is 24.4. The van der Waals surface area contributed by atoms with Crippen molar-refractivity contribution < 1.29 is 22.7 Å². The Kier molecular flexibility index (Phi) is 6.56. The largest absolute Gasteiger partial charge is 0.494 e. The number of hydrogen-bond donors (Lipinski definition) is 0. The number of carbonyl (C=O) groups is 1. The molecule has 0 heterocycles. The Labute approximate surface area is 199 Å². The number of esters is 1. The van der Waals surface area contributed by atoms with E-state index in [2.05, 4.69) is 0 Å². The van der Waals surface area contributed by atoms with E-state index in [0.717, 1.165) is 10.8 Å². The molecule has 4 aromatic carbocycles. The quantitative estimate of drug-likeness (QED) is 0.257. The third-order valence-corrected chi connectivity index (χ3v) is 7.31. The van der Waals surface area contributed by atoms with Crippen molar-refractivity contribution in [1.29, 1.82) is 0 Å². The molecule has 0 aromatic heterocycles. The Morgan fingerprint density at radius 1 is 0.853 bits per heavy atom. The smallest absolute Gasteiger partial charge is 0.343 e. The zero-order chi connectivity index (χ0) is 24.3. The first kappa shape index (κ1) is 23.3. The Morgan fingerprint density at radius 3 is 2.24 bits per heavy atom. The molecule has 0 bridgehead atoms. The number of aryl methyl sites for hydroxylation is 1. The molecule has 6 nitrogen and oxygen atoms in total. The zero-order valence-corrected chi connectivity index (χ0v) is 20.0. The Hall–Kier alpha value is -3.84. The van der Waals surface area contributed by atoms with Gasteiger partial charge in [-0.2, -0.15) is 0 Å². The van der Waals surface area contributed by atoms with Gasteiger partial charge in [0.05, 0.1) is 22.8 Å². The number of anilines is 1. The first-order chi connectivity index (χ1) is 16.3. The zero-order valence-electron chi connectivity index (χ0n) is 19.2. The van der Waals surface area contributed by atoms with Gasteiger partial charge >= 0.3 is 5.97 Å². The van der Waals surface area contributed by atoms with Crippen molar-refractivity contribution >= 4 is 32.5 Å². The van der Waals surface area contributed by atoms with E-state index in [4.69, 9.17) is 9.47 Å². The highest BCUT2D eigenvalue weighted by Gasteiger charge is 2.24. The standard InChI is InChI=1S/C27H25NO5S/c1-4-32-23-14-11-22(12-15-23)28(3)34(30,31)25-16-9-19(2)26(18-25)27(29)33-24-13-10-20-7-5-6-8-21(20)17-24/h5-18H,4H2,1-3H3. The van der Waals surface area contributed by atoms with Crippen LogP contribution in [0.2, 0.25) is 0 Å². The van der Waals surface area contributed by atoms with Gasteiger partial charge in [0, 0.05) is 7.05 Å². The fourth-order valence-corrected chi connectivity index (χ4v) is 4.81. The lowest BCUT2D eigenvalue weighted by Gasteiger charge is -2.20. The molecule has 0 spiro atoms.